The Labute approximate surface area is 126 Å². The first kappa shape index (κ1) is 15.5. The first-order valence-electron chi connectivity index (χ1n) is 6.51. The third-order valence-electron chi connectivity index (χ3n) is 3.19. The maximum Gasteiger partial charge on any atom is 0.266 e. The van der Waals surface area contributed by atoms with Crippen LogP contribution >= 0.6 is 11.6 Å². The van der Waals surface area contributed by atoms with Crippen LogP contribution in [0, 0.1) is 0 Å². The number of amides is 2. The van der Waals surface area contributed by atoms with Gasteiger partial charge >= 0.3 is 0 Å². The van der Waals surface area contributed by atoms with E-state index in [4.69, 9.17) is 16.3 Å². The van der Waals surface area contributed by atoms with Gasteiger partial charge in [0.2, 0.25) is 5.91 Å². The molecule has 1 aromatic rings. The third kappa shape index (κ3) is 4.05. The van der Waals surface area contributed by atoms with Crippen molar-refractivity contribution < 1.29 is 14.3 Å². The molecule has 0 unspecified atom stereocenters. The zero-order chi connectivity index (χ0) is 15.4. The highest BCUT2D eigenvalue weighted by Crippen LogP contribution is 2.06. The van der Waals surface area contributed by atoms with Crippen LogP contribution in [0.5, 0.6) is 0 Å². The van der Waals surface area contributed by atoms with Gasteiger partial charge in [-0.2, -0.15) is 0 Å². The molecule has 2 amide bonds. The zero-order valence-corrected chi connectivity index (χ0v) is 12.3. The summed E-state index contributed by atoms with van der Waals surface area (Å²) in [6, 6.07) is 1.30. The Hall–Kier alpha value is -1.86. The Morgan fingerprint density at radius 1 is 1.57 bits per heavy atom. The second-order valence-corrected chi connectivity index (χ2v) is 5.14. The van der Waals surface area contributed by atoms with E-state index in [1.807, 2.05) is 0 Å². The Morgan fingerprint density at radius 3 is 3.00 bits per heavy atom. The van der Waals surface area contributed by atoms with Gasteiger partial charge in [-0.15, -0.1) is 0 Å². The number of rotatable bonds is 3. The number of aromatic nitrogens is 1. The number of hydrogen-bond acceptors (Lipinski definition) is 4. The van der Waals surface area contributed by atoms with E-state index in [1.165, 1.54) is 19.2 Å². The fourth-order valence-electron chi connectivity index (χ4n) is 2.02. The predicted octanol–water partition coefficient (Wildman–Crippen LogP) is 0.00540. The number of nitrogens with one attached hydrogen (secondary N) is 2. The number of morpholine rings is 1. The quantitative estimate of drug-likeness (QED) is 0.822. The number of carbonyl (C=O) groups is 2. The largest absolute Gasteiger partial charge is 0.373 e. The molecule has 1 aliphatic rings. The maximum atomic E-state index is 11.9. The highest BCUT2D eigenvalue weighted by Gasteiger charge is 2.22. The van der Waals surface area contributed by atoms with Crippen LogP contribution in [0.15, 0.2) is 17.1 Å². The van der Waals surface area contributed by atoms with Gasteiger partial charge < -0.3 is 19.9 Å². The van der Waals surface area contributed by atoms with Gasteiger partial charge in [0, 0.05) is 32.8 Å². The van der Waals surface area contributed by atoms with Crippen molar-refractivity contribution in [2.24, 2.45) is 0 Å². The molecule has 0 bridgehead atoms. The molecule has 1 aliphatic heterocycles. The van der Waals surface area contributed by atoms with Crippen LogP contribution < -0.4 is 10.9 Å². The number of carbonyl (C=O) groups excluding carboxylic acids is 2. The van der Waals surface area contributed by atoms with Crippen molar-refractivity contribution in [3.63, 3.8) is 0 Å². The van der Waals surface area contributed by atoms with Gasteiger partial charge in [-0.1, -0.05) is 11.6 Å². The highest BCUT2D eigenvalue weighted by atomic mass is 35.5. The monoisotopic (exact) mass is 313 g/mol. The number of aromatic amines is 1. The van der Waals surface area contributed by atoms with Gasteiger partial charge in [-0.05, 0) is 6.07 Å². The van der Waals surface area contributed by atoms with Gasteiger partial charge in [0.25, 0.3) is 11.5 Å². The molecule has 0 spiro atoms. The number of H-pyrrole nitrogens is 1. The van der Waals surface area contributed by atoms with Crippen molar-refractivity contribution in [1.82, 2.24) is 15.2 Å². The average molecular weight is 314 g/mol. The van der Waals surface area contributed by atoms with Crippen LogP contribution in [0.4, 0.5) is 0 Å². The topological polar surface area (TPSA) is 91.5 Å². The molecule has 21 heavy (non-hydrogen) atoms. The molecule has 0 saturated carbocycles. The minimum absolute atomic E-state index is 0.0120. The van der Waals surface area contributed by atoms with Crippen LogP contribution in [0.1, 0.15) is 17.3 Å². The summed E-state index contributed by atoms with van der Waals surface area (Å²) in [7, 11) is 0. The second-order valence-electron chi connectivity index (χ2n) is 4.73. The fourth-order valence-corrected chi connectivity index (χ4v) is 2.20. The van der Waals surface area contributed by atoms with Crippen molar-refractivity contribution in [2.45, 2.75) is 13.0 Å². The Morgan fingerprint density at radius 2 is 2.33 bits per heavy atom. The van der Waals surface area contributed by atoms with Gasteiger partial charge in [-0.25, -0.2) is 0 Å². The normalized spacial score (nSPS) is 18.4. The summed E-state index contributed by atoms with van der Waals surface area (Å²) in [6.07, 6.45) is 1.05. The van der Waals surface area contributed by atoms with E-state index < -0.39 is 5.56 Å². The number of halogens is 1. The Bertz CT molecular complexity index is 601. The molecular weight excluding hydrogens is 298 g/mol. The van der Waals surface area contributed by atoms with Crippen LogP contribution in [0.25, 0.3) is 0 Å². The van der Waals surface area contributed by atoms with E-state index in [9.17, 15) is 14.4 Å². The molecule has 8 heteroatoms. The van der Waals surface area contributed by atoms with Crippen LogP contribution in [-0.2, 0) is 9.53 Å². The van der Waals surface area contributed by atoms with Crippen molar-refractivity contribution >= 4 is 23.4 Å². The third-order valence-corrected chi connectivity index (χ3v) is 3.48. The molecule has 0 aliphatic carbocycles. The highest BCUT2D eigenvalue weighted by molar-refractivity contribution is 6.30. The molecule has 1 aromatic heterocycles. The average Bonchev–Trinajstić information content (AvgIpc) is 2.48. The lowest BCUT2D eigenvalue weighted by molar-refractivity contribution is -0.136. The van der Waals surface area contributed by atoms with E-state index >= 15 is 0 Å². The van der Waals surface area contributed by atoms with E-state index in [1.54, 1.807) is 4.90 Å². The summed E-state index contributed by atoms with van der Waals surface area (Å²) in [4.78, 5) is 38.4. The molecule has 1 fully saturated rings. The van der Waals surface area contributed by atoms with Crippen molar-refractivity contribution in [3.05, 3.63) is 33.2 Å². The number of hydrogen-bond donors (Lipinski definition) is 2. The SMILES string of the molecule is CC(=O)N1CCO[C@@H](CNC(=O)c2c[nH]c(=O)c(Cl)c2)C1. The van der Waals surface area contributed by atoms with E-state index in [0.29, 0.717) is 19.7 Å². The van der Waals surface area contributed by atoms with Crippen LogP contribution in [0.3, 0.4) is 0 Å². The van der Waals surface area contributed by atoms with Crippen LogP contribution in [0.2, 0.25) is 5.02 Å². The lowest BCUT2D eigenvalue weighted by atomic mass is 10.2. The van der Waals surface area contributed by atoms with Crippen LogP contribution in [-0.4, -0.2) is 54.0 Å². The molecule has 0 aromatic carbocycles. The van der Waals surface area contributed by atoms with Gasteiger partial charge in [0.1, 0.15) is 5.02 Å². The fraction of sp³-hybridized carbons (Fsp3) is 0.462. The number of pyridine rings is 1. The first-order valence-corrected chi connectivity index (χ1v) is 6.88. The molecule has 7 nitrogen and oxygen atoms in total. The Balaban J connectivity index is 1.90. The summed E-state index contributed by atoms with van der Waals surface area (Å²) in [5.41, 5.74) is -0.181. The standard InChI is InChI=1S/C13H16ClN3O4/c1-8(18)17-2-3-21-10(7-17)6-16-12(19)9-4-11(14)13(20)15-5-9/h4-5,10H,2-3,6-7H2,1H3,(H,15,20)(H,16,19)/t10-/m0/s1. The lowest BCUT2D eigenvalue weighted by Gasteiger charge is -2.32. The molecule has 114 valence electrons. The number of nitrogens with zero attached hydrogens (tertiary/aromatic N) is 1. The lowest BCUT2D eigenvalue weighted by Crippen LogP contribution is -2.49. The van der Waals surface area contributed by atoms with Gasteiger partial charge in [-0.3, -0.25) is 14.4 Å². The predicted molar refractivity (Wildman–Crippen MR) is 76.4 cm³/mol. The second kappa shape index (κ2) is 6.73. The van der Waals surface area contributed by atoms with Gasteiger partial charge in [0.05, 0.1) is 18.3 Å². The summed E-state index contributed by atoms with van der Waals surface area (Å²) in [5, 5.41) is 2.65. The molecule has 1 saturated heterocycles. The molecule has 2 rings (SSSR count). The molecule has 0 radical (unpaired) electrons. The number of ether oxygens (including phenoxy) is 1. The minimum atomic E-state index is -0.444. The summed E-state index contributed by atoms with van der Waals surface area (Å²) in [5.74, 6) is -0.376. The maximum absolute atomic E-state index is 11.9. The molecule has 2 heterocycles. The molecule has 2 N–H and O–H groups in total. The van der Waals surface area contributed by atoms with Crippen molar-refractivity contribution in [1.29, 1.82) is 0 Å². The summed E-state index contributed by atoms with van der Waals surface area (Å²) >= 11 is 5.67. The van der Waals surface area contributed by atoms with E-state index in [0.717, 1.165) is 0 Å². The zero-order valence-electron chi connectivity index (χ0n) is 11.5. The smallest absolute Gasteiger partial charge is 0.266 e. The first-order chi connectivity index (χ1) is 9.97. The van der Waals surface area contributed by atoms with E-state index in [-0.39, 0.29) is 35.0 Å². The molecular formula is C13H16ClN3O4. The van der Waals surface area contributed by atoms with Crippen molar-refractivity contribution in [2.75, 3.05) is 26.2 Å². The van der Waals surface area contributed by atoms with Crippen molar-refractivity contribution in [3.8, 4) is 0 Å². The summed E-state index contributed by atoms with van der Waals surface area (Å²) in [6.45, 7) is 3.24. The Kier molecular flexibility index (Phi) is 4.98. The van der Waals surface area contributed by atoms with Gasteiger partial charge in [0.15, 0.2) is 0 Å². The summed E-state index contributed by atoms with van der Waals surface area (Å²) < 4.78 is 5.49. The van der Waals surface area contributed by atoms with E-state index in [2.05, 4.69) is 10.3 Å². The minimum Gasteiger partial charge on any atom is -0.373 e. The molecule has 1 atom stereocenters.